The smallest absolute Gasteiger partial charge is 0.378 e. The van der Waals surface area contributed by atoms with E-state index in [1.165, 1.54) is 17.3 Å². The topological polar surface area (TPSA) is 78.3 Å². The maximum Gasteiger partial charge on any atom is 0.431 e. The molecule has 2 N–H and O–H groups in total. The molecule has 2 fully saturated rings. The molecule has 1 aromatic heterocycles. The van der Waals surface area contributed by atoms with Gasteiger partial charge >= 0.3 is 6.18 Å². The Balaban J connectivity index is 1.93. The Morgan fingerprint density at radius 3 is 2.46 bits per heavy atom. The van der Waals surface area contributed by atoms with Crippen molar-refractivity contribution in [1.29, 1.82) is 5.41 Å². The fourth-order valence-electron chi connectivity index (χ4n) is 4.72. The number of nitrogens with one attached hydrogen (secondary N) is 2. The molecule has 1 aliphatic heterocycles. The standard InChI is InChI=1S/C24H31Cl2F3N4O2/c1-23(9-5-11-35-23)15-33(10-8-17-19(25)13-31-14-20(17)26)22(34)18(12-30)21(24(27,28)29)32-16-6-3-2-4-7-16/h12-14,16,30,32H,2-11,15H2,1H3/b21-18+,30-12?. The Morgan fingerprint density at radius 2 is 1.91 bits per heavy atom. The molecule has 6 nitrogen and oxygen atoms in total. The molecule has 1 aliphatic carbocycles. The number of alkyl halides is 3. The van der Waals surface area contributed by atoms with Crippen LogP contribution in [0.3, 0.4) is 0 Å². The van der Waals surface area contributed by atoms with Gasteiger partial charge in [-0.25, -0.2) is 0 Å². The number of carbonyl (C=O) groups excluding carboxylic acids is 1. The molecule has 1 saturated carbocycles. The second kappa shape index (κ2) is 11.9. The van der Waals surface area contributed by atoms with Gasteiger partial charge in [-0.3, -0.25) is 9.78 Å². The minimum atomic E-state index is -4.81. The zero-order chi connectivity index (χ0) is 25.6. The largest absolute Gasteiger partial charge is 0.431 e. The molecule has 3 rings (SSSR count). The van der Waals surface area contributed by atoms with E-state index in [1.807, 2.05) is 6.92 Å². The molecule has 1 atom stereocenters. The second-order valence-corrected chi connectivity index (χ2v) is 10.2. The molecule has 0 aromatic carbocycles. The number of nitrogens with zero attached hydrogens (tertiary/aromatic N) is 2. The van der Waals surface area contributed by atoms with Crippen LogP contribution in [-0.4, -0.2) is 59.5 Å². The molecule has 35 heavy (non-hydrogen) atoms. The summed E-state index contributed by atoms with van der Waals surface area (Å²) < 4.78 is 48.2. The lowest BCUT2D eigenvalue weighted by Gasteiger charge is -2.33. The van der Waals surface area contributed by atoms with Gasteiger partial charge in [-0.1, -0.05) is 42.5 Å². The van der Waals surface area contributed by atoms with E-state index in [4.69, 9.17) is 33.3 Å². The molecule has 0 spiro atoms. The molecule has 0 bridgehead atoms. The molecular weight excluding hydrogens is 504 g/mol. The summed E-state index contributed by atoms with van der Waals surface area (Å²) in [6.45, 7) is 2.49. The summed E-state index contributed by atoms with van der Waals surface area (Å²) in [6, 6.07) is -0.387. The normalized spacial score (nSPS) is 22.0. The van der Waals surface area contributed by atoms with Gasteiger partial charge in [0.1, 0.15) is 5.70 Å². The van der Waals surface area contributed by atoms with Crippen molar-refractivity contribution in [2.24, 2.45) is 0 Å². The van der Waals surface area contributed by atoms with Gasteiger partial charge in [0.2, 0.25) is 0 Å². The average Bonchev–Trinajstić information content (AvgIpc) is 3.24. The van der Waals surface area contributed by atoms with Crippen LogP contribution >= 0.6 is 23.2 Å². The second-order valence-electron chi connectivity index (χ2n) is 9.37. The first kappa shape index (κ1) is 27.7. The summed E-state index contributed by atoms with van der Waals surface area (Å²) in [5.74, 6) is -0.881. The van der Waals surface area contributed by atoms with E-state index in [9.17, 15) is 18.0 Å². The number of hydrogen-bond donors (Lipinski definition) is 2. The lowest BCUT2D eigenvalue weighted by Crippen LogP contribution is -2.47. The number of rotatable bonds is 9. The van der Waals surface area contributed by atoms with E-state index in [0.29, 0.717) is 47.7 Å². The Bertz CT molecular complexity index is 923. The van der Waals surface area contributed by atoms with Gasteiger partial charge in [-0.05, 0) is 44.6 Å². The number of hydrogen-bond acceptors (Lipinski definition) is 5. The predicted octanol–water partition coefficient (Wildman–Crippen LogP) is 5.72. The zero-order valence-electron chi connectivity index (χ0n) is 19.7. The van der Waals surface area contributed by atoms with Crippen molar-refractivity contribution in [3.05, 3.63) is 39.3 Å². The van der Waals surface area contributed by atoms with Crippen LogP contribution in [0.4, 0.5) is 13.2 Å². The van der Waals surface area contributed by atoms with Crippen molar-refractivity contribution >= 4 is 35.3 Å². The van der Waals surface area contributed by atoms with Crippen LogP contribution in [0.2, 0.25) is 10.0 Å². The molecule has 1 amide bonds. The molecule has 1 unspecified atom stereocenters. The summed E-state index contributed by atoms with van der Waals surface area (Å²) in [7, 11) is 0. The third kappa shape index (κ3) is 7.33. The summed E-state index contributed by atoms with van der Waals surface area (Å²) in [4.78, 5) is 18.8. The quantitative estimate of drug-likeness (QED) is 0.314. The highest BCUT2D eigenvalue weighted by atomic mass is 35.5. The minimum absolute atomic E-state index is 0.0488. The van der Waals surface area contributed by atoms with Gasteiger partial charge < -0.3 is 20.4 Å². The van der Waals surface area contributed by atoms with Crippen LogP contribution < -0.4 is 5.32 Å². The Hall–Kier alpha value is -1.84. The van der Waals surface area contributed by atoms with E-state index in [2.05, 4.69) is 10.3 Å². The fourth-order valence-corrected chi connectivity index (χ4v) is 5.27. The maximum absolute atomic E-state index is 14.1. The summed E-state index contributed by atoms with van der Waals surface area (Å²) in [5.41, 5.74) is -2.01. The van der Waals surface area contributed by atoms with Crippen molar-refractivity contribution in [2.75, 3.05) is 19.7 Å². The molecule has 2 aliphatic rings. The Morgan fingerprint density at radius 1 is 1.26 bits per heavy atom. The molecule has 2 heterocycles. The number of amides is 1. The predicted molar refractivity (Wildman–Crippen MR) is 130 cm³/mol. The maximum atomic E-state index is 14.1. The Labute approximate surface area is 213 Å². The van der Waals surface area contributed by atoms with Crippen LogP contribution in [0.25, 0.3) is 0 Å². The highest BCUT2D eigenvalue weighted by Gasteiger charge is 2.41. The zero-order valence-corrected chi connectivity index (χ0v) is 21.2. The van der Waals surface area contributed by atoms with E-state index in [-0.39, 0.29) is 25.6 Å². The summed E-state index contributed by atoms with van der Waals surface area (Å²) in [5, 5.41) is 10.9. The first-order chi connectivity index (χ1) is 16.5. The molecular formula is C24H31Cl2F3N4O2. The summed E-state index contributed by atoms with van der Waals surface area (Å²) >= 11 is 12.4. The number of carbonyl (C=O) groups is 1. The van der Waals surface area contributed by atoms with E-state index in [1.54, 1.807) is 0 Å². The van der Waals surface area contributed by atoms with Crippen molar-refractivity contribution in [3.8, 4) is 0 Å². The molecule has 1 saturated heterocycles. The third-order valence-corrected chi connectivity index (χ3v) is 7.23. The minimum Gasteiger partial charge on any atom is -0.378 e. The Kier molecular flexibility index (Phi) is 9.46. The SMILES string of the molecule is CC1(CN(CCc2c(Cl)cncc2Cl)C(=O)/C(C=N)=C(/NC2CCCCC2)C(F)(F)F)CCCO1. The van der Waals surface area contributed by atoms with Crippen LogP contribution in [0.1, 0.15) is 57.4 Å². The fraction of sp³-hybridized carbons (Fsp3) is 0.625. The first-order valence-corrected chi connectivity index (χ1v) is 12.6. The van der Waals surface area contributed by atoms with Crippen LogP contribution in [-0.2, 0) is 16.0 Å². The van der Waals surface area contributed by atoms with Gasteiger partial charge in [-0.2, -0.15) is 13.2 Å². The van der Waals surface area contributed by atoms with Crippen molar-refractivity contribution in [1.82, 2.24) is 15.2 Å². The number of allylic oxidation sites excluding steroid dienone is 1. The van der Waals surface area contributed by atoms with Crippen LogP contribution in [0.15, 0.2) is 23.7 Å². The molecule has 1 aromatic rings. The van der Waals surface area contributed by atoms with Crippen molar-refractivity contribution < 1.29 is 22.7 Å². The highest BCUT2D eigenvalue weighted by Crippen LogP contribution is 2.32. The number of pyridine rings is 1. The van der Waals surface area contributed by atoms with Crippen molar-refractivity contribution in [3.63, 3.8) is 0 Å². The van der Waals surface area contributed by atoms with Gasteiger partial charge in [0.05, 0.1) is 21.2 Å². The molecule has 11 heteroatoms. The highest BCUT2D eigenvalue weighted by molar-refractivity contribution is 6.35. The van der Waals surface area contributed by atoms with Gasteiger partial charge in [0, 0.05) is 44.3 Å². The molecule has 0 radical (unpaired) electrons. The average molecular weight is 535 g/mol. The van der Waals surface area contributed by atoms with E-state index in [0.717, 1.165) is 25.7 Å². The van der Waals surface area contributed by atoms with E-state index >= 15 is 0 Å². The monoisotopic (exact) mass is 534 g/mol. The van der Waals surface area contributed by atoms with Gasteiger partial charge in [-0.15, -0.1) is 0 Å². The van der Waals surface area contributed by atoms with Crippen molar-refractivity contribution in [2.45, 2.75) is 76.1 Å². The third-order valence-electron chi connectivity index (χ3n) is 6.58. The lowest BCUT2D eigenvalue weighted by atomic mass is 9.95. The number of halogens is 5. The number of ether oxygens (including phenoxy) is 1. The first-order valence-electron chi connectivity index (χ1n) is 11.8. The lowest BCUT2D eigenvalue weighted by molar-refractivity contribution is -0.132. The summed E-state index contributed by atoms with van der Waals surface area (Å²) in [6.07, 6.45) is 4.03. The van der Waals surface area contributed by atoms with E-state index < -0.39 is 29.0 Å². The van der Waals surface area contributed by atoms with Crippen LogP contribution in [0.5, 0.6) is 0 Å². The van der Waals surface area contributed by atoms with Gasteiger partial charge in [0.15, 0.2) is 0 Å². The number of aromatic nitrogens is 1. The van der Waals surface area contributed by atoms with Gasteiger partial charge in [0.25, 0.3) is 5.91 Å². The van der Waals surface area contributed by atoms with Crippen LogP contribution in [0, 0.1) is 5.41 Å². The molecule has 194 valence electrons.